The van der Waals surface area contributed by atoms with Crippen molar-refractivity contribution in [1.82, 2.24) is 10.6 Å². The van der Waals surface area contributed by atoms with E-state index in [1.165, 1.54) is 27.7 Å². The van der Waals surface area contributed by atoms with E-state index in [9.17, 15) is 28.8 Å². The molecule has 0 radical (unpaired) electrons. The Morgan fingerprint density at radius 2 is 0.848 bits per heavy atom. The lowest BCUT2D eigenvalue weighted by Crippen LogP contribution is -2.40. The van der Waals surface area contributed by atoms with Crippen molar-refractivity contribution >= 4 is 36.1 Å². The molecule has 0 aliphatic heterocycles. The average Bonchev–Trinajstić information content (AvgIpc) is 3.00. The highest BCUT2D eigenvalue weighted by molar-refractivity contribution is 5.88. The van der Waals surface area contributed by atoms with Crippen molar-refractivity contribution in [3.63, 3.8) is 0 Å². The Morgan fingerprint density at radius 3 is 1.11 bits per heavy atom. The topological polar surface area (TPSA) is 182 Å². The number of carbonyl (C=O) groups is 6. The van der Waals surface area contributed by atoms with Crippen LogP contribution in [0.15, 0.2) is 48.6 Å². The molecule has 0 aromatic heterocycles. The quantitative estimate of drug-likeness (QED) is 0.125. The Balaban J connectivity index is 2.60. The molecule has 1 aliphatic rings. The molecule has 2 N–H and O–H groups in total. The zero-order valence-corrected chi connectivity index (χ0v) is 27.1. The third-order valence-electron chi connectivity index (χ3n) is 6.50. The van der Waals surface area contributed by atoms with E-state index in [0.29, 0.717) is 6.42 Å². The van der Waals surface area contributed by atoms with Gasteiger partial charge in [-0.2, -0.15) is 0 Å². The Bertz CT molecular complexity index is 1030. The molecule has 0 aromatic carbocycles. The Hall–Kier alpha value is -4.62. The van der Waals surface area contributed by atoms with Gasteiger partial charge < -0.3 is 39.1 Å². The molecule has 0 heterocycles. The number of carbonyl (C=O) groups excluding carboxylic acids is 6. The Morgan fingerprint density at radius 1 is 0.565 bits per heavy atom. The summed E-state index contributed by atoms with van der Waals surface area (Å²) in [6.45, 7) is 19.0. The number of esters is 4. The zero-order chi connectivity index (χ0) is 34.8. The molecule has 256 valence electrons. The van der Waals surface area contributed by atoms with E-state index in [2.05, 4.69) is 36.9 Å². The van der Waals surface area contributed by atoms with Crippen LogP contribution in [0.5, 0.6) is 0 Å². The van der Waals surface area contributed by atoms with Crippen molar-refractivity contribution in [3.8, 4) is 0 Å². The van der Waals surface area contributed by atoms with Crippen molar-refractivity contribution in [2.75, 3.05) is 39.5 Å². The molecule has 1 rings (SSSR count). The van der Waals surface area contributed by atoms with E-state index >= 15 is 0 Å². The monoisotopic (exact) mass is 650 g/mol. The maximum absolute atomic E-state index is 12.5. The number of amides is 2. The summed E-state index contributed by atoms with van der Waals surface area (Å²) < 4.78 is 30.9. The van der Waals surface area contributed by atoms with Gasteiger partial charge in [0.25, 0.3) is 0 Å². The summed E-state index contributed by atoms with van der Waals surface area (Å²) in [6, 6.07) is 0. The van der Waals surface area contributed by atoms with Gasteiger partial charge in [0.1, 0.15) is 26.4 Å². The fourth-order valence-electron chi connectivity index (χ4n) is 4.01. The Kier molecular flexibility index (Phi) is 17.5. The second-order valence-corrected chi connectivity index (χ2v) is 11.2. The molecule has 0 saturated heterocycles. The van der Waals surface area contributed by atoms with E-state index in [1.807, 2.05) is 0 Å². The number of hydrogen-bond acceptors (Lipinski definition) is 12. The molecule has 2 amide bonds. The first kappa shape index (κ1) is 39.4. The lowest BCUT2D eigenvalue weighted by molar-refractivity contribution is -0.149. The SMILES string of the molecule is C=C(C)C(=O)OCC(COC(=O)C(=C)C)OC(=O)NCC1CCCC(CNC(=O)OC(COC(=O)C(=C)C)COC(=O)C(=C)C)C1. The van der Waals surface area contributed by atoms with Crippen LogP contribution in [0.25, 0.3) is 0 Å². The van der Waals surface area contributed by atoms with Gasteiger partial charge in [-0.1, -0.05) is 32.7 Å². The smallest absolute Gasteiger partial charge is 0.407 e. The van der Waals surface area contributed by atoms with Crippen LogP contribution in [0.4, 0.5) is 9.59 Å². The van der Waals surface area contributed by atoms with Crippen LogP contribution >= 0.6 is 0 Å². The van der Waals surface area contributed by atoms with Gasteiger partial charge in [0.2, 0.25) is 0 Å². The molecular formula is C32H46N2O12. The van der Waals surface area contributed by atoms with Gasteiger partial charge in [-0.3, -0.25) is 0 Å². The van der Waals surface area contributed by atoms with Gasteiger partial charge in [0.15, 0.2) is 12.2 Å². The van der Waals surface area contributed by atoms with Crippen molar-refractivity contribution in [3.05, 3.63) is 48.6 Å². The zero-order valence-electron chi connectivity index (χ0n) is 27.1. The maximum Gasteiger partial charge on any atom is 0.407 e. The number of rotatable bonds is 18. The van der Waals surface area contributed by atoms with Gasteiger partial charge >= 0.3 is 36.1 Å². The van der Waals surface area contributed by atoms with E-state index < -0.39 is 48.3 Å². The number of nitrogens with one attached hydrogen (secondary N) is 2. The minimum Gasteiger partial charge on any atom is -0.458 e. The van der Waals surface area contributed by atoms with Gasteiger partial charge in [0.05, 0.1) is 0 Å². The summed E-state index contributed by atoms with van der Waals surface area (Å²) in [6.07, 6.45) is -0.462. The summed E-state index contributed by atoms with van der Waals surface area (Å²) >= 11 is 0. The molecule has 0 aromatic rings. The number of ether oxygens (including phenoxy) is 6. The summed E-state index contributed by atoms with van der Waals surface area (Å²) in [5.74, 6) is -2.56. The summed E-state index contributed by atoms with van der Waals surface area (Å²) in [4.78, 5) is 72.1. The predicted octanol–water partition coefficient (Wildman–Crippen LogP) is 3.46. The van der Waals surface area contributed by atoms with Crippen molar-refractivity contribution in [2.24, 2.45) is 11.8 Å². The first-order valence-corrected chi connectivity index (χ1v) is 14.8. The highest BCUT2D eigenvalue weighted by Gasteiger charge is 2.26. The van der Waals surface area contributed by atoms with E-state index in [0.717, 1.165) is 19.3 Å². The van der Waals surface area contributed by atoms with Gasteiger partial charge in [-0.15, -0.1) is 0 Å². The van der Waals surface area contributed by atoms with Crippen LogP contribution in [0.2, 0.25) is 0 Å². The molecule has 14 nitrogen and oxygen atoms in total. The lowest BCUT2D eigenvalue weighted by atomic mass is 9.81. The molecule has 46 heavy (non-hydrogen) atoms. The summed E-state index contributed by atoms with van der Waals surface area (Å²) in [5, 5.41) is 5.39. The van der Waals surface area contributed by atoms with Crippen LogP contribution < -0.4 is 10.6 Å². The molecule has 2 atom stereocenters. The molecule has 1 saturated carbocycles. The highest BCUT2D eigenvalue weighted by atomic mass is 16.6. The molecular weight excluding hydrogens is 604 g/mol. The first-order chi connectivity index (χ1) is 21.6. The standard InChI is InChI=1S/C32H46N2O12/c1-19(2)27(35)41-15-25(16-42-28(36)20(3)4)45-31(39)33-13-23-10-9-11-24(12-23)14-34-32(40)46-26(17-43-29(37)21(5)6)18-44-30(38)22(7)8/h23-26H,1,3,5,7,9-18H2,2,4,6,8H3,(H,33,39)(H,34,40). The molecule has 1 aliphatic carbocycles. The van der Waals surface area contributed by atoms with Gasteiger partial charge in [-0.05, 0) is 58.8 Å². The van der Waals surface area contributed by atoms with E-state index in [1.54, 1.807) is 0 Å². The minimum absolute atomic E-state index is 0.0842. The van der Waals surface area contributed by atoms with Crippen LogP contribution in [-0.2, 0) is 47.6 Å². The van der Waals surface area contributed by atoms with Crippen LogP contribution in [0.3, 0.4) is 0 Å². The van der Waals surface area contributed by atoms with E-state index in [4.69, 9.17) is 28.4 Å². The summed E-state index contributed by atoms with van der Waals surface area (Å²) in [5.41, 5.74) is 0.629. The third kappa shape index (κ3) is 16.5. The van der Waals surface area contributed by atoms with Crippen molar-refractivity contribution in [1.29, 1.82) is 0 Å². The Labute approximate surface area is 269 Å². The van der Waals surface area contributed by atoms with Crippen LogP contribution in [-0.4, -0.2) is 87.8 Å². The number of hydrogen-bond donors (Lipinski definition) is 2. The van der Waals surface area contributed by atoms with Gasteiger partial charge in [0, 0.05) is 35.4 Å². The second kappa shape index (κ2) is 20.4. The highest BCUT2D eigenvalue weighted by Crippen LogP contribution is 2.28. The fourth-order valence-corrected chi connectivity index (χ4v) is 4.01. The molecule has 2 unspecified atom stereocenters. The molecule has 0 bridgehead atoms. The normalized spacial score (nSPS) is 15.5. The van der Waals surface area contributed by atoms with Crippen molar-refractivity contribution in [2.45, 2.75) is 65.6 Å². The van der Waals surface area contributed by atoms with E-state index in [-0.39, 0.29) is 73.6 Å². The number of alkyl carbamates (subject to hydrolysis) is 2. The molecule has 14 heteroatoms. The minimum atomic E-state index is -1.06. The fraction of sp³-hybridized carbons (Fsp3) is 0.562. The predicted molar refractivity (Wildman–Crippen MR) is 165 cm³/mol. The summed E-state index contributed by atoms with van der Waals surface area (Å²) in [7, 11) is 0. The maximum atomic E-state index is 12.5. The van der Waals surface area contributed by atoms with Crippen molar-refractivity contribution < 1.29 is 57.2 Å². The van der Waals surface area contributed by atoms with Crippen LogP contribution in [0.1, 0.15) is 53.4 Å². The third-order valence-corrected chi connectivity index (χ3v) is 6.50. The first-order valence-electron chi connectivity index (χ1n) is 14.8. The van der Waals surface area contributed by atoms with Gasteiger partial charge in [-0.25, -0.2) is 28.8 Å². The molecule has 1 fully saturated rings. The largest absolute Gasteiger partial charge is 0.458 e. The van der Waals surface area contributed by atoms with Crippen LogP contribution in [0, 0.1) is 11.8 Å². The second-order valence-electron chi connectivity index (χ2n) is 11.2. The molecule has 0 spiro atoms. The lowest BCUT2D eigenvalue weighted by Gasteiger charge is -2.29. The average molecular weight is 651 g/mol.